The molecule has 5 aliphatic rings. The first-order chi connectivity index (χ1) is 52.3. The molecular formula is C71H104N6O28S6. The molecule has 34 nitrogen and oxygen atoms in total. The van der Waals surface area contributed by atoms with Gasteiger partial charge in [-0.15, -0.1) is 0 Å². The van der Waals surface area contributed by atoms with Gasteiger partial charge in [-0.05, 0) is 143 Å². The Morgan fingerprint density at radius 1 is 0.360 bits per heavy atom. The van der Waals surface area contributed by atoms with Crippen molar-refractivity contribution in [2.45, 2.75) is 122 Å². The number of amides is 1. The number of aliphatic hydroxyl groups is 1. The molecule has 622 valence electrons. The largest absolute Gasteiger partial charge is 0.493 e. The summed E-state index contributed by atoms with van der Waals surface area (Å²) in [4.78, 5) is 23.8. The molecule has 1 amide bonds. The summed E-state index contributed by atoms with van der Waals surface area (Å²) in [6.45, 7) is 10.1. The number of sulfonamides is 5. The fourth-order valence-corrected chi connectivity index (χ4v) is 21.0. The summed E-state index contributed by atoms with van der Waals surface area (Å²) < 4.78 is 213. The third kappa shape index (κ3) is 23.3. The van der Waals surface area contributed by atoms with Crippen LogP contribution >= 0.6 is 0 Å². The van der Waals surface area contributed by atoms with Crippen LogP contribution in [-0.2, 0) is 64.4 Å². The number of benzene rings is 5. The first-order valence-electron chi connectivity index (χ1n) is 35.2. The first-order valence-corrected chi connectivity index (χ1v) is 44.3. The smallest absolute Gasteiger partial charge is 0.341 e. The number of carbonyl (C=O) groups is 2. The molecule has 5 aromatic carbocycles. The maximum absolute atomic E-state index is 13.0. The number of aromatic carboxylic acids is 1. The van der Waals surface area contributed by atoms with Crippen molar-refractivity contribution in [2.75, 3.05) is 143 Å². The van der Waals surface area contributed by atoms with Crippen molar-refractivity contribution in [1.82, 2.24) is 27.0 Å². The number of aliphatic hydroxyl groups excluding tert-OH is 1. The van der Waals surface area contributed by atoms with Crippen LogP contribution in [0.4, 0.5) is 0 Å². The van der Waals surface area contributed by atoms with Gasteiger partial charge in [0.15, 0.2) is 57.5 Å². The molecule has 5 fully saturated rings. The van der Waals surface area contributed by atoms with E-state index in [2.05, 4.69) is 20.8 Å². The number of hydrogen-bond donors (Lipinski definition) is 4. The lowest BCUT2D eigenvalue weighted by atomic mass is 10.0. The van der Waals surface area contributed by atoms with Crippen molar-refractivity contribution in [3.05, 3.63) is 90.0 Å². The van der Waals surface area contributed by atoms with E-state index in [1.54, 1.807) is 22.5 Å². The van der Waals surface area contributed by atoms with Crippen LogP contribution in [0.2, 0.25) is 0 Å². The van der Waals surface area contributed by atoms with Crippen molar-refractivity contribution < 1.29 is 127 Å². The van der Waals surface area contributed by atoms with Crippen molar-refractivity contribution in [3.8, 4) is 57.5 Å². The first kappa shape index (κ1) is 92.3. The number of carboxylic acids is 1. The fraction of sp³-hybridized carbons (Fsp3) is 0.549. The van der Waals surface area contributed by atoms with E-state index in [4.69, 9.17) is 56.8 Å². The zero-order valence-electron chi connectivity index (χ0n) is 64.8. The summed E-state index contributed by atoms with van der Waals surface area (Å²) in [5.41, 5.74) is 0.795. The number of carboxylic acid groups (broad SMARTS) is 1. The van der Waals surface area contributed by atoms with Crippen LogP contribution in [0, 0.1) is 17.8 Å². The van der Waals surface area contributed by atoms with Gasteiger partial charge in [0, 0.05) is 83.6 Å². The minimum atomic E-state index is -3.90. The van der Waals surface area contributed by atoms with Crippen molar-refractivity contribution >= 4 is 72.1 Å². The summed E-state index contributed by atoms with van der Waals surface area (Å²) in [6.07, 6.45) is 6.51. The second kappa shape index (κ2) is 40.9. The summed E-state index contributed by atoms with van der Waals surface area (Å²) in [5.74, 6) is 1.99. The molecule has 0 atom stereocenters. The highest BCUT2D eigenvalue weighted by atomic mass is 32.2. The number of ether oxygens (including phenoxy) is 10. The summed E-state index contributed by atoms with van der Waals surface area (Å²) in [7, 11) is -7.84. The lowest BCUT2D eigenvalue weighted by Gasteiger charge is -2.30. The van der Waals surface area contributed by atoms with E-state index in [0.717, 1.165) is 44.8 Å². The molecule has 0 radical (unpaired) electrons. The molecule has 0 saturated carbocycles. The molecule has 0 unspecified atom stereocenters. The van der Waals surface area contributed by atoms with Crippen molar-refractivity contribution in [1.29, 1.82) is 0 Å². The lowest BCUT2D eigenvalue weighted by Crippen LogP contribution is -2.41. The number of hydroxylamine groups is 1. The molecule has 5 aliphatic heterocycles. The third-order valence-electron chi connectivity index (χ3n) is 19.1. The van der Waals surface area contributed by atoms with Crippen LogP contribution in [-0.4, -0.2) is 254 Å². The third-order valence-corrected chi connectivity index (χ3v) is 29.3. The van der Waals surface area contributed by atoms with Gasteiger partial charge in [-0.2, -0.15) is 29.9 Å². The zero-order chi connectivity index (χ0) is 82.6. The quantitative estimate of drug-likeness (QED) is 0.0278. The molecule has 0 aromatic heterocycles. The Morgan fingerprint density at radius 2 is 0.622 bits per heavy atom. The normalized spacial score (nSPS) is 17.4. The summed E-state index contributed by atoms with van der Waals surface area (Å²) in [5, 5.41) is 27.9. The van der Waals surface area contributed by atoms with Gasteiger partial charge >= 0.3 is 5.97 Å². The Hall–Kier alpha value is -7.58. The van der Waals surface area contributed by atoms with Crippen LogP contribution in [0.5, 0.6) is 57.5 Å². The van der Waals surface area contributed by atoms with Gasteiger partial charge in [-0.1, -0.05) is 20.8 Å². The number of methoxy groups -OCH3 is 10. The average Bonchev–Trinajstić information content (AvgIpc) is 0.761. The molecule has 4 N–H and O–H groups in total. The van der Waals surface area contributed by atoms with E-state index < -0.39 is 89.9 Å². The van der Waals surface area contributed by atoms with Crippen molar-refractivity contribution in [2.24, 2.45) is 17.8 Å². The SMILES string of the molecule is COc1ccc(S(=O)(=O)N2CCC(C)CC2)c(C(=O)NO)c1OC.COc1ccc(S(=O)(=O)N2CCC(C)CC2)c(C(=O)O)c1OC.COc1ccc(S(=O)(=O)N2CCC(C)CC2)cc1OC.COc1ccc(S(=O)(=O)N2CCC(O)CC2)cc1OC.COc1ccc(S(=O)(=O)N2CCC(OS(C)(=O)=O)CC2)cc1OC. The number of carbonyl (C=O) groups excluding carboxylic acids is 1. The molecule has 0 aliphatic carbocycles. The number of nitrogens with one attached hydrogen (secondary N) is 1. The molecule has 40 heteroatoms. The molecule has 5 saturated heterocycles. The topological polar surface area (TPSA) is 429 Å². The standard InChI is InChI=1S/C15H22N2O6S.C15H21NO6S.C14H21NO7S2.C14H21NO4S.C13H19NO5S/c1-10-6-8-17(9-7-10)24(20,21)12-5-4-11(22-2)14(23-3)13(12)15(18)16-19;1-10-6-8-16(9-7-10)23(19,20)12-5-4-11(21-2)14(22-3)13(12)15(17)18;1-20-13-5-4-12(10-14(13)21-2)24(18,19)15-8-6-11(7-9-15)22-23(3,16)17;1-11-6-8-15(9-7-11)20(16,17)12-4-5-13(18-2)14(10-12)19-3;1-18-12-4-3-11(9-13(12)19-2)20(16,17)14-7-5-10(15)6-8-14/h4-5,10,19H,6-9H2,1-3H3,(H,16,18);4-5,10H,6-9H2,1-3H3,(H,17,18);4-5,10-11H,6-9H2,1-3H3;4-5,10-11H,6-9H2,1-3H3;3-4,9-10,15H,5-8H2,1-2H3. The highest BCUT2D eigenvalue weighted by Crippen LogP contribution is 2.41. The number of nitrogens with zero attached hydrogens (tertiary/aromatic N) is 5. The van der Waals surface area contributed by atoms with Gasteiger partial charge in [0.25, 0.3) is 16.0 Å². The number of piperidine rings is 5. The monoisotopic (exact) mass is 1680 g/mol. The van der Waals surface area contributed by atoms with Crippen LogP contribution in [0.1, 0.15) is 106 Å². The Bertz CT molecular complexity index is 4570. The van der Waals surface area contributed by atoms with E-state index in [1.165, 1.54) is 154 Å². The second-order valence-electron chi connectivity index (χ2n) is 26.4. The highest BCUT2D eigenvalue weighted by molar-refractivity contribution is 7.90. The second-order valence-corrected chi connectivity index (χ2v) is 37.7. The minimum absolute atomic E-state index is 0.0458. The molecular weight excluding hydrogens is 1580 g/mol. The lowest BCUT2D eigenvalue weighted by molar-refractivity contribution is 0.0684. The Labute approximate surface area is 652 Å². The van der Waals surface area contributed by atoms with E-state index in [-0.39, 0.29) is 66.1 Å². The summed E-state index contributed by atoms with van der Waals surface area (Å²) in [6, 6.07) is 19.0. The maximum Gasteiger partial charge on any atom is 0.341 e. The van der Waals surface area contributed by atoms with Gasteiger partial charge in [0.2, 0.25) is 50.1 Å². The Balaban J connectivity index is 0.000000217. The summed E-state index contributed by atoms with van der Waals surface area (Å²) >= 11 is 0. The van der Waals surface area contributed by atoms with Crippen LogP contribution in [0.25, 0.3) is 0 Å². The minimum Gasteiger partial charge on any atom is -0.493 e. The van der Waals surface area contributed by atoms with Crippen LogP contribution in [0.3, 0.4) is 0 Å². The zero-order valence-corrected chi connectivity index (χ0v) is 69.7. The van der Waals surface area contributed by atoms with E-state index >= 15 is 0 Å². The number of rotatable bonds is 24. The predicted molar refractivity (Wildman–Crippen MR) is 407 cm³/mol. The van der Waals surface area contributed by atoms with E-state index in [0.29, 0.717) is 130 Å². The van der Waals surface area contributed by atoms with Gasteiger partial charge in [-0.25, -0.2) is 52.4 Å². The van der Waals surface area contributed by atoms with Gasteiger partial charge < -0.3 is 57.6 Å². The molecule has 5 heterocycles. The van der Waals surface area contributed by atoms with Crippen LogP contribution < -0.4 is 52.8 Å². The van der Waals surface area contributed by atoms with Gasteiger partial charge in [0.05, 0.1) is 109 Å². The molecule has 0 spiro atoms. The van der Waals surface area contributed by atoms with Gasteiger partial charge in [0.1, 0.15) is 16.0 Å². The fourth-order valence-electron chi connectivity index (χ4n) is 12.6. The molecule has 5 aromatic rings. The molecule has 10 rings (SSSR count). The predicted octanol–water partition coefficient (Wildman–Crippen LogP) is 6.87. The molecule has 111 heavy (non-hydrogen) atoms. The van der Waals surface area contributed by atoms with E-state index in [1.807, 2.05) is 0 Å². The van der Waals surface area contributed by atoms with Crippen LogP contribution in [0.15, 0.2) is 103 Å². The highest BCUT2D eigenvalue weighted by Gasteiger charge is 2.38. The Kier molecular flexibility index (Phi) is 34.0. The van der Waals surface area contributed by atoms with E-state index in [9.17, 15) is 70.3 Å². The van der Waals surface area contributed by atoms with Gasteiger partial charge in [-0.3, -0.25) is 14.2 Å². The Morgan fingerprint density at radius 3 is 0.892 bits per heavy atom. The van der Waals surface area contributed by atoms with Crippen molar-refractivity contribution in [3.63, 3.8) is 0 Å². The maximum atomic E-state index is 13.0. The number of hydrogen-bond acceptors (Lipinski definition) is 27. The molecule has 0 bridgehead atoms. The average molecular weight is 1680 g/mol.